The third kappa shape index (κ3) is 7.05. The molecule has 1 saturated heterocycles. The Kier molecular flexibility index (Phi) is 9.23. The first kappa shape index (κ1) is 27.0. The van der Waals surface area contributed by atoms with Gasteiger partial charge in [0.25, 0.3) is 5.91 Å². The monoisotopic (exact) mass is 534 g/mol. The Hall–Kier alpha value is -4.02. The van der Waals surface area contributed by atoms with Gasteiger partial charge in [-0.3, -0.25) is 24.1 Å². The fraction of sp³-hybridized carbons (Fsp3) is 0.286. The maximum Gasteiger partial charge on any atom is 0.261 e. The van der Waals surface area contributed by atoms with Crippen molar-refractivity contribution in [1.82, 2.24) is 10.6 Å². The molecule has 0 bridgehead atoms. The van der Waals surface area contributed by atoms with Gasteiger partial charge in [0, 0.05) is 31.5 Å². The minimum absolute atomic E-state index is 0.0680. The smallest absolute Gasteiger partial charge is 0.261 e. The molecule has 1 fully saturated rings. The summed E-state index contributed by atoms with van der Waals surface area (Å²) in [6.07, 6.45) is 1.73. The Bertz CT molecular complexity index is 1240. The quantitative estimate of drug-likeness (QED) is 0.368. The lowest BCUT2D eigenvalue weighted by atomic mass is 10.0. The minimum Gasteiger partial charge on any atom is -0.376 e. The van der Waals surface area contributed by atoms with Crippen LogP contribution in [-0.2, 0) is 19.1 Å². The molecule has 0 radical (unpaired) electrons. The highest BCUT2D eigenvalue weighted by atomic mass is 32.1. The number of ether oxygens (including phenoxy) is 1. The molecule has 4 amide bonds. The highest BCUT2D eigenvalue weighted by Gasteiger charge is 2.33. The lowest BCUT2D eigenvalue weighted by molar-refractivity contribution is -0.126. The zero-order valence-electron chi connectivity index (χ0n) is 21.0. The summed E-state index contributed by atoms with van der Waals surface area (Å²) >= 11 is 1.27. The molecule has 4 rings (SSSR count). The van der Waals surface area contributed by atoms with Gasteiger partial charge in [-0.25, -0.2) is 0 Å². The van der Waals surface area contributed by atoms with Gasteiger partial charge in [-0.1, -0.05) is 36.4 Å². The van der Waals surface area contributed by atoms with Gasteiger partial charge >= 0.3 is 0 Å². The summed E-state index contributed by atoms with van der Waals surface area (Å²) in [6.45, 7) is 2.09. The number of nitrogens with zero attached hydrogens (tertiary/aromatic N) is 1. The Labute approximate surface area is 225 Å². The Morgan fingerprint density at radius 1 is 1.00 bits per heavy atom. The highest BCUT2D eigenvalue weighted by Crippen LogP contribution is 2.29. The number of nitrogens with one attached hydrogen (secondary N) is 3. The van der Waals surface area contributed by atoms with E-state index >= 15 is 0 Å². The van der Waals surface area contributed by atoms with Crippen LogP contribution in [0.25, 0.3) is 0 Å². The van der Waals surface area contributed by atoms with Crippen LogP contribution in [0.5, 0.6) is 0 Å². The van der Waals surface area contributed by atoms with Crippen molar-refractivity contribution in [3.8, 4) is 0 Å². The fourth-order valence-corrected chi connectivity index (χ4v) is 4.89. The molecule has 2 atom stereocenters. The second-order valence-corrected chi connectivity index (χ2v) is 9.79. The summed E-state index contributed by atoms with van der Waals surface area (Å²) in [7, 11) is 0. The van der Waals surface area contributed by atoms with Crippen molar-refractivity contribution in [3.63, 3.8) is 0 Å². The van der Waals surface area contributed by atoms with Crippen molar-refractivity contribution in [2.75, 3.05) is 29.9 Å². The van der Waals surface area contributed by atoms with Gasteiger partial charge < -0.3 is 20.7 Å². The van der Waals surface area contributed by atoms with Crippen LogP contribution in [0, 0.1) is 0 Å². The Balaban J connectivity index is 1.64. The number of benzene rings is 2. The molecule has 9 nitrogen and oxygen atoms in total. The zero-order valence-corrected chi connectivity index (χ0v) is 21.8. The molecule has 1 aliphatic heterocycles. The zero-order chi connectivity index (χ0) is 26.9. The first-order valence-electron chi connectivity index (χ1n) is 12.4. The number of carbonyl (C=O) groups is 4. The number of carbonyl (C=O) groups excluding carboxylic acids is 4. The predicted molar refractivity (Wildman–Crippen MR) is 146 cm³/mol. The van der Waals surface area contributed by atoms with Gasteiger partial charge in [0.15, 0.2) is 0 Å². The van der Waals surface area contributed by atoms with E-state index in [0.29, 0.717) is 35.0 Å². The summed E-state index contributed by atoms with van der Waals surface area (Å²) in [5.74, 6) is -1.43. The molecule has 2 aromatic carbocycles. The molecule has 0 aliphatic carbocycles. The second-order valence-electron chi connectivity index (χ2n) is 8.85. The molecular weight excluding hydrogens is 504 g/mol. The van der Waals surface area contributed by atoms with Crippen molar-refractivity contribution in [2.24, 2.45) is 0 Å². The van der Waals surface area contributed by atoms with E-state index in [1.165, 1.54) is 23.2 Å². The minimum atomic E-state index is -1.00. The maximum atomic E-state index is 13.7. The first-order valence-corrected chi connectivity index (χ1v) is 13.3. The predicted octanol–water partition coefficient (Wildman–Crippen LogP) is 3.51. The summed E-state index contributed by atoms with van der Waals surface area (Å²) in [5.41, 5.74) is 1.61. The molecule has 3 N–H and O–H groups in total. The summed E-state index contributed by atoms with van der Waals surface area (Å²) < 4.78 is 5.65. The van der Waals surface area contributed by atoms with Crippen LogP contribution < -0.4 is 20.9 Å². The van der Waals surface area contributed by atoms with Crippen LogP contribution in [0.3, 0.4) is 0 Å². The van der Waals surface area contributed by atoms with Crippen molar-refractivity contribution in [3.05, 3.63) is 82.6 Å². The van der Waals surface area contributed by atoms with Gasteiger partial charge in [0.1, 0.15) is 6.04 Å². The third-order valence-electron chi connectivity index (χ3n) is 6.03. The first-order chi connectivity index (χ1) is 18.4. The molecule has 10 heteroatoms. The normalized spacial score (nSPS) is 15.3. The van der Waals surface area contributed by atoms with Crippen LogP contribution in [0.2, 0.25) is 0 Å². The van der Waals surface area contributed by atoms with Crippen LogP contribution in [0.15, 0.2) is 72.1 Å². The van der Waals surface area contributed by atoms with E-state index in [1.54, 1.807) is 66.0 Å². The molecule has 3 aromatic rings. The molecule has 2 heterocycles. The van der Waals surface area contributed by atoms with E-state index in [-0.39, 0.29) is 30.4 Å². The van der Waals surface area contributed by atoms with Crippen molar-refractivity contribution >= 4 is 46.3 Å². The number of hydrogen-bond donors (Lipinski definition) is 3. The molecule has 1 aromatic heterocycles. The van der Waals surface area contributed by atoms with E-state index in [0.717, 1.165) is 12.8 Å². The van der Waals surface area contributed by atoms with E-state index in [4.69, 9.17) is 4.74 Å². The van der Waals surface area contributed by atoms with Gasteiger partial charge in [0.05, 0.1) is 17.5 Å². The van der Waals surface area contributed by atoms with Gasteiger partial charge in [0.2, 0.25) is 17.7 Å². The number of anilines is 2. The molecule has 0 saturated carbocycles. The average molecular weight is 535 g/mol. The maximum absolute atomic E-state index is 13.7. The number of amides is 4. The van der Waals surface area contributed by atoms with E-state index in [2.05, 4.69) is 16.0 Å². The van der Waals surface area contributed by atoms with Crippen molar-refractivity contribution in [2.45, 2.75) is 31.9 Å². The van der Waals surface area contributed by atoms with Crippen LogP contribution >= 0.6 is 11.3 Å². The molecule has 38 heavy (non-hydrogen) atoms. The average Bonchev–Trinajstić information content (AvgIpc) is 3.64. The van der Waals surface area contributed by atoms with Crippen LogP contribution in [0.4, 0.5) is 11.4 Å². The summed E-state index contributed by atoms with van der Waals surface area (Å²) in [5, 5.41) is 10.1. The number of hydrogen-bond acceptors (Lipinski definition) is 6. The van der Waals surface area contributed by atoms with Crippen molar-refractivity contribution < 1.29 is 23.9 Å². The summed E-state index contributed by atoms with van der Waals surface area (Å²) in [6, 6.07) is 18.1. The molecule has 198 valence electrons. The van der Waals surface area contributed by atoms with E-state index in [1.807, 2.05) is 6.07 Å². The lowest BCUT2D eigenvalue weighted by Gasteiger charge is -2.32. The Morgan fingerprint density at radius 2 is 1.76 bits per heavy atom. The molecule has 0 spiro atoms. The number of rotatable bonds is 10. The Morgan fingerprint density at radius 3 is 2.39 bits per heavy atom. The number of thiophene rings is 1. The van der Waals surface area contributed by atoms with Gasteiger partial charge in [-0.15, -0.1) is 11.3 Å². The standard InChI is InChI=1S/C28H30N4O5S/c1-19(33)31-21-11-13-22(14-12-21)32(25(34)18-30-27(35)24-10-6-16-38-24)26(20-7-3-2-4-8-20)28(36)29-17-23-9-5-15-37-23/h2-4,6-8,10-14,16,23,26H,5,9,15,17-18H2,1H3,(H,29,36)(H,30,35)(H,31,33)/t23-,26-/m1/s1. The summed E-state index contributed by atoms with van der Waals surface area (Å²) in [4.78, 5) is 53.2. The van der Waals surface area contributed by atoms with E-state index < -0.39 is 11.9 Å². The van der Waals surface area contributed by atoms with Gasteiger partial charge in [-0.05, 0) is 54.1 Å². The lowest BCUT2D eigenvalue weighted by Crippen LogP contribution is -2.48. The fourth-order valence-electron chi connectivity index (χ4n) is 4.25. The van der Waals surface area contributed by atoms with Crippen molar-refractivity contribution in [1.29, 1.82) is 0 Å². The van der Waals surface area contributed by atoms with Gasteiger partial charge in [-0.2, -0.15) is 0 Å². The molecular formula is C28H30N4O5S. The SMILES string of the molecule is CC(=O)Nc1ccc(N(C(=O)CNC(=O)c2cccs2)[C@@H](C(=O)NC[C@H]2CCCO2)c2ccccc2)cc1. The van der Waals surface area contributed by atoms with E-state index in [9.17, 15) is 19.2 Å². The van der Waals surface area contributed by atoms with Crippen LogP contribution in [-0.4, -0.2) is 49.4 Å². The van der Waals surface area contributed by atoms with Crippen LogP contribution in [0.1, 0.15) is 41.0 Å². The second kappa shape index (κ2) is 13.0. The highest BCUT2D eigenvalue weighted by molar-refractivity contribution is 7.12. The molecule has 1 aliphatic rings. The largest absolute Gasteiger partial charge is 0.376 e. The molecule has 0 unspecified atom stereocenters. The third-order valence-corrected chi connectivity index (χ3v) is 6.90. The topological polar surface area (TPSA) is 117 Å².